The van der Waals surface area contributed by atoms with Crippen LogP contribution in [0.1, 0.15) is 16.9 Å². The number of pyridine rings is 1. The first-order valence-corrected chi connectivity index (χ1v) is 6.90. The van der Waals surface area contributed by atoms with E-state index in [4.69, 9.17) is 27.1 Å². The van der Waals surface area contributed by atoms with Gasteiger partial charge in [0.15, 0.2) is 5.75 Å². The molecule has 2 N–H and O–H groups in total. The molecule has 0 atom stereocenters. The summed E-state index contributed by atoms with van der Waals surface area (Å²) in [6.45, 7) is 2.37. The van der Waals surface area contributed by atoms with Crippen LogP contribution in [0.5, 0.6) is 5.75 Å². The molecule has 0 unspecified atom stereocenters. The molecule has 2 heterocycles. The second-order valence-electron chi connectivity index (χ2n) is 4.78. The smallest absolute Gasteiger partial charge is 0.204 e. The lowest BCUT2D eigenvalue weighted by molar-refractivity contribution is 0.304. The first-order valence-electron chi connectivity index (χ1n) is 6.50. The molecule has 0 fully saturated rings. The van der Waals surface area contributed by atoms with Gasteiger partial charge in [-0.25, -0.2) is 0 Å². The van der Waals surface area contributed by atoms with Crippen LogP contribution in [0.3, 0.4) is 0 Å². The summed E-state index contributed by atoms with van der Waals surface area (Å²) in [5.41, 5.74) is 8.49. The van der Waals surface area contributed by atoms with Crippen LogP contribution in [0.2, 0.25) is 0 Å². The molecule has 0 saturated carbocycles. The molecular formula is C16H14N2O2S. The summed E-state index contributed by atoms with van der Waals surface area (Å²) in [7, 11) is 0. The molecule has 2 aromatic heterocycles. The van der Waals surface area contributed by atoms with E-state index in [1.54, 1.807) is 12.4 Å². The number of rotatable bonds is 4. The Kier molecular flexibility index (Phi) is 3.58. The number of nitrogens with two attached hydrogens (primary N) is 1. The standard InChI is InChI=1S/C16H14N2O2S/c1-10-6-11(8-18-7-10)9-19-14-12-4-2-3-5-13(12)20-15(14)16(17)21/h2-8H,9H2,1H3,(H2,17,21). The van der Waals surface area contributed by atoms with Crippen LogP contribution in [0.4, 0.5) is 0 Å². The molecule has 5 heteroatoms. The Bertz CT molecular complexity index is 811. The molecule has 0 aliphatic carbocycles. The third-order valence-corrected chi connectivity index (χ3v) is 3.27. The maximum Gasteiger partial charge on any atom is 0.204 e. The van der Waals surface area contributed by atoms with Gasteiger partial charge in [-0.2, -0.15) is 0 Å². The van der Waals surface area contributed by atoms with Gasteiger partial charge in [-0.3, -0.25) is 4.98 Å². The number of furan rings is 1. The molecule has 0 saturated heterocycles. The Morgan fingerprint density at radius 1 is 1.33 bits per heavy atom. The number of nitrogens with zero attached hydrogens (tertiary/aromatic N) is 1. The molecule has 0 aliphatic rings. The Morgan fingerprint density at radius 2 is 2.14 bits per heavy atom. The Morgan fingerprint density at radius 3 is 2.90 bits per heavy atom. The second kappa shape index (κ2) is 5.54. The summed E-state index contributed by atoms with van der Waals surface area (Å²) in [4.78, 5) is 4.33. The summed E-state index contributed by atoms with van der Waals surface area (Å²) in [6.07, 6.45) is 3.58. The van der Waals surface area contributed by atoms with Gasteiger partial charge in [0.25, 0.3) is 0 Å². The van der Waals surface area contributed by atoms with Crippen molar-refractivity contribution in [2.45, 2.75) is 13.5 Å². The van der Waals surface area contributed by atoms with E-state index in [2.05, 4.69) is 4.98 Å². The third-order valence-electron chi connectivity index (χ3n) is 3.09. The molecule has 0 amide bonds. The minimum absolute atomic E-state index is 0.184. The van der Waals surface area contributed by atoms with E-state index >= 15 is 0 Å². The highest BCUT2D eigenvalue weighted by Gasteiger charge is 2.17. The maximum atomic E-state index is 5.89. The summed E-state index contributed by atoms with van der Waals surface area (Å²) < 4.78 is 11.6. The van der Waals surface area contributed by atoms with Crippen molar-refractivity contribution in [2.75, 3.05) is 0 Å². The zero-order chi connectivity index (χ0) is 14.8. The minimum Gasteiger partial charge on any atom is -0.484 e. The van der Waals surface area contributed by atoms with Crippen LogP contribution in [0.15, 0.2) is 47.1 Å². The molecule has 0 radical (unpaired) electrons. The van der Waals surface area contributed by atoms with Crippen molar-refractivity contribution in [1.29, 1.82) is 0 Å². The Balaban J connectivity index is 1.95. The van der Waals surface area contributed by atoms with Crippen molar-refractivity contribution in [1.82, 2.24) is 4.98 Å². The van der Waals surface area contributed by atoms with E-state index in [0.29, 0.717) is 23.7 Å². The van der Waals surface area contributed by atoms with Gasteiger partial charge in [-0.1, -0.05) is 24.4 Å². The maximum absolute atomic E-state index is 5.89. The second-order valence-corrected chi connectivity index (χ2v) is 5.22. The van der Waals surface area contributed by atoms with Crippen molar-refractivity contribution >= 4 is 28.2 Å². The summed E-state index contributed by atoms with van der Waals surface area (Å²) in [6, 6.07) is 9.62. The predicted molar refractivity (Wildman–Crippen MR) is 85.4 cm³/mol. The molecule has 3 aromatic rings. The molecule has 0 bridgehead atoms. The molecule has 106 valence electrons. The van der Waals surface area contributed by atoms with Crippen LogP contribution in [0, 0.1) is 6.92 Å². The summed E-state index contributed by atoms with van der Waals surface area (Å²) in [5.74, 6) is 0.992. The number of thiocarbonyl (C=S) groups is 1. The topological polar surface area (TPSA) is 61.3 Å². The van der Waals surface area contributed by atoms with E-state index in [0.717, 1.165) is 16.5 Å². The molecular weight excluding hydrogens is 284 g/mol. The SMILES string of the molecule is Cc1cncc(COc2c(C(N)=S)oc3ccccc23)c1. The molecule has 21 heavy (non-hydrogen) atoms. The van der Waals surface area contributed by atoms with Crippen molar-refractivity contribution in [3.63, 3.8) is 0 Å². The zero-order valence-corrected chi connectivity index (χ0v) is 12.3. The highest BCUT2D eigenvalue weighted by atomic mass is 32.1. The number of aryl methyl sites for hydroxylation is 1. The average molecular weight is 298 g/mol. The van der Waals surface area contributed by atoms with E-state index in [-0.39, 0.29) is 4.99 Å². The number of ether oxygens (including phenoxy) is 1. The largest absolute Gasteiger partial charge is 0.484 e. The van der Waals surface area contributed by atoms with Gasteiger partial charge in [0, 0.05) is 18.0 Å². The van der Waals surface area contributed by atoms with Crippen molar-refractivity contribution in [3.05, 3.63) is 59.6 Å². The van der Waals surface area contributed by atoms with Gasteiger partial charge in [-0.15, -0.1) is 0 Å². The first kappa shape index (κ1) is 13.6. The number of para-hydroxylation sites is 1. The monoisotopic (exact) mass is 298 g/mol. The van der Waals surface area contributed by atoms with Crippen molar-refractivity contribution in [3.8, 4) is 5.75 Å². The van der Waals surface area contributed by atoms with Crippen LogP contribution >= 0.6 is 12.2 Å². The quantitative estimate of drug-likeness (QED) is 0.748. The highest BCUT2D eigenvalue weighted by molar-refractivity contribution is 7.80. The number of hydrogen-bond acceptors (Lipinski definition) is 4. The summed E-state index contributed by atoms with van der Waals surface area (Å²) in [5, 5.41) is 0.862. The molecule has 0 spiro atoms. The summed E-state index contributed by atoms with van der Waals surface area (Å²) >= 11 is 5.03. The van der Waals surface area contributed by atoms with Crippen molar-refractivity contribution in [2.24, 2.45) is 5.73 Å². The lowest BCUT2D eigenvalue weighted by atomic mass is 10.2. The van der Waals surface area contributed by atoms with Gasteiger partial charge in [-0.05, 0) is 30.7 Å². The number of hydrogen-bond donors (Lipinski definition) is 1. The molecule has 1 aromatic carbocycles. The van der Waals surface area contributed by atoms with E-state index < -0.39 is 0 Å². The number of fused-ring (bicyclic) bond motifs is 1. The molecule has 0 aliphatic heterocycles. The van der Waals surface area contributed by atoms with Crippen LogP contribution in [-0.4, -0.2) is 9.97 Å². The van der Waals surface area contributed by atoms with Gasteiger partial charge in [0.1, 0.15) is 17.2 Å². The van der Waals surface area contributed by atoms with Gasteiger partial charge in [0.2, 0.25) is 5.76 Å². The van der Waals surface area contributed by atoms with Crippen molar-refractivity contribution < 1.29 is 9.15 Å². The van der Waals surface area contributed by atoms with E-state index in [1.807, 2.05) is 37.3 Å². The minimum atomic E-state index is 0.184. The van der Waals surface area contributed by atoms with Crippen LogP contribution in [-0.2, 0) is 6.61 Å². The number of benzene rings is 1. The number of aromatic nitrogens is 1. The highest BCUT2D eigenvalue weighted by Crippen LogP contribution is 2.33. The van der Waals surface area contributed by atoms with Crippen LogP contribution < -0.4 is 10.5 Å². The first-order chi connectivity index (χ1) is 10.1. The fourth-order valence-corrected chi connectivity index (χ4v) is 2.31. The Labute approximate surface area is 127 Å². The fourth-order valence-electron chi connectivity index (χ4n) is 2.18. The lowest BCUT2D eigenvalue weighted by Crippen LogP contribution is -2.10. The molecule has 3 rings (SSSR count). The lowest BCUT2D eigenvalue weighted by Gasteiger charge is -2.06. The van der Waals surface area contributed by atoms with E-state index in [1.165, 1.54) is 0 Å². The van der Waals surface area contributed by atoms with Crippen LogP contribution in [0.25, 0.3) is 11.0 Å². The Hall–Kier alpha value is -2.40. The average Bonchev–Trinajstić information content (AvgIpc) is 2.84. The van der Waals surface area contributed by atoms with Gasteiger partial charge in [0.05, 0.1) is 5.39 Å². The predicted octanol–water partition coefficient (Wildman–Crippen LogP) is 3.35. The third kappa shape index (κ3) is 2.73. The zero-order valence-electron chi connectivity index (χ0n) is 11.5. The van der Waals surface area contributed by atoms with Gasteiger partial charge < -0.3 is 14.9 Å². The normalized spacial score (nSPS) is 10.7. The fraction of sp³-hybridized carbons (Fsp3) is 0.125. The van der Waals surface area contributed by atoms with Gasteiger partial charge >= 0.3 is 0 Å². The van der Waals surface area contributed by atoms with E-state index in [9.17, 15) is 0 Å². The molecule has 4 nitrogen and oxygen atoms in total.